The smallest absolute Gasteiger partial charge is 0.255 e. The summed E-state index contributed by atoms with van der Waals surface area (Å²) in [5, 5.41) is 0. The molecule has 0 aliphatic carbocycles. The molecule has 0 unspecified atom stereocenters. The number of hydrogen-bond donors (Lipinski definition) is 2. The van der Waals surface area contributed by atoms with Crippen molar-refractivity contribution in [2.45, 2.75) is 12.8 Å². The highest BCUT2D eigenvalue weighted by molar-refractivity contribution is 9.10. The first-order valence-corrected chi connectivity index (χ1v) is 6.92. The van der Waals surface area contributed by atoms with Crippen LogP contribution in [0.3, 0.4) is 0 Å². The van der Waals surface area contributed by atoms with Crippen molar-refractivity contribution in [3.8, 4) is 0 Å². The monoisotopic (exact) mass is 325 g/mol. The third kappa shape index (κ3) is 2.89. The van der Waals surface area contributed by atoms with Crippen molar-refractivity contribution >= 4 is 33.4 Å². The molecule has 1 aromatic rings. The Morgan fingerprint density at radius 2 is 1.89 bits per heavy atom. The number of hydrogen-bond acceptors (Lipinski definition) is 3. The number of nitrogen functional groups attached to an aromatic ring is 1. The van der Waals surface area contributed by atoms with Crippen molar-refractivity contribution < 1.29 is 9.59 Å². The van der Waals surface area contributed by atoms with E-state index in [-0.39, 0.29) is 17.7 Å². The molecular weight excluding hydrogens is 310 g/mol. The molecule has 0 bridgehead atoms. The molecule has 2 rings (SSSR count). The number of anilines is 1. The summed E-state index contributed by atoms with van der Waals surface area (Å²) >= 11 is 3.34. The second-order valence-corrected chi connectivity index (χ2v) is 5.47. The van der Waals surface area contributed by atoms with Gasteiger partial charge >= 0.3 is 0 Å². The highest BCUT2D eigenvalue weighted by Crippen LogP contribution is 2.26. The van der Waals surface area contributed by atoms with Crippen LogP contribution in [-0.2, 0) is 4.79 Å². The Hall–Kier alpha value is -1.56. The molecular formula is C13H16BrN3O2. The largest absolute Gasteiger partial charge is 0.398 e. The van der Waals surface area contributed by atoms with E-state index in [1.54, 1.807) is 23.1 Å². The van der Waals surface area contributed by atoms with Crippen LogP contribution in [0.25, 0.3) is 0 Å². The van der Waals surface area contributed by atoms with Gasteiger partial charge in [0.15, 0.2) is 0 Å². The van der Waals surface area contributed by atoms with Crippen molar-refractivity contribution in [1.82, 2.24) is 4.90 Å². The minimum absolute atomic E-state index is 0.0675. The number of amides is 2. The molecule has 2 amide bonds. The second-order valence-electron chi connectivity index (χ2n) is 4.68. The van der Waals surface area contributed by atoms with Crippen LogP contribution in [0, 0.1) is 5.92 Å². The molecule has 0 spiro atoms. The van der Waals surface area contributed by atoms with Crippen molar-refractivity contribution in [1.29, 1.82) is 0 Å². The number of carbonyl (C=O) groups excluding carboxylic acids is 2. The van der Waals surface area contributed by atoms with Gasteiger partial charge in [-0.2, -0.15) is 0 Å². The van der Waals surface area contributed by atoms with Gasteiger partial charge in [-0.25, -0.2) is 0 Å². The first kappa shape index (κ1) is 13.9. The van der Waals surface area contributed by atoms with Crippen LogP contribution < -0.4 is 11.5 Å². The molecule has 5 nitrogen and oxygen atoms in total. The van der Waals surface area contributed by atoms with E-state index in [1.165, 1.54) is 0 Å². The quantitative estimate of drug-likeness (QED) is 0.805. The molecule has 1 saturated heterocycles. The molecule has 1 aliphatic heterocycles. The molecule has 19 heavy (non-hydrogen) atoms. The van der Waals surface area contributed by atoms with E-state index in [1.807, 2.05) is 0 Å². The van der Waals surface area contributed by atoms with E-state index in [0.717, 1.165) is 0 Å². The number of halogens is 1. The molecule has 0 radical (unpaired) electrons. The van der Waals surface area contributed by atoms with Crippen LogP contribution in [0.2, 0.25) is 0 Å². The lowest BCUT2D eigenvalue weighted by atomic mass is 9.96. The number of nitrogens with zero attached hydrogens (tertiary/aromatic N) is 1. The van der Waals surface area contributed by atoms with Gasteiger partial charge in [0.2, 0.25) is 5.91 Å². The van der Waals surface area contributed by atoms with Crippen LogP contribution in [0.1, 0.15) is 23.2 Å². The second kappa shape index (κ2) is 5.61. The zero-order valence-corrected chi connectivity index (χ0v) is 12.0. The van der Waals surface area contributed by atoms with Gasteiger partial charge in [-0.3, -0.25) is 9.59 Å². The van der Waals surface area contributed by atoms with Crippen LogP contribution in [0.15, 0.2) is 22.7 Å². The third-order valence-corrected chi connectivity index (χ3v) is 4.33. The Labute approximate surface area is 120 Å². The lowest BCUT2D eigenvalue weighted by Crippen LogP contribution is -2.41. The third-order valence-electron chi connectivity index (χ3n) is 3.44. The lowest BCUT2D eigenvalue weighted by molar-refractivity contribution is -0.123. The molecule has 102 valence electrons. The Morgan fingerprint density at radius 1 is 1.26 bits per heavy atom. The molecule has 0 atom stereocenters. The van der Waals surface area contributed by atoms with E-state index in [9.17, 15) is 9.59 Å². The number of rotatable bonds is 2. The SMILES string of the molecule is NC(=O)C1CCN(C(=O)c2cccc(N)c2Br)CC1. The summed E-state index contributed by atoms with van der Waals surface area (Å²) < 4.78 is 0.622. The summed E-state index contributed by atoms with van der Waals surface area (Å²) in [6.45, 7) is 1.10. The van der Waals surface area contributed by atoms with E-state index in [4.69, 9.17) is 11.5 Å². The number of nitrogens with two attached hydrogens (primary N) is 2. The molecule has 1 heterocycles. The van der Waals surface area contributed by atoms with E-state index >= 15 is 0 Å². The summed E-state index contributed by atoms with van der Waals surface area (Å²) in [6.07, 6.45) is 1.25. The molecule has 0 aromatic heterocycles. The minimum atomic E-state index is -0.280. The van der Waals surface area contributed by atoms with Gasteiger partial charge in [-0.1, -0.05) is 6.07 Å². The fourth-order valence-electron chi connectivity index (χ4n) is 2.25. The molecule has 1 aromatic carbocycles. The van der Waals surface area contributed by atoms with Gasteiger partial charge in [0.25, 0.3) is 5.91 Å². The molecule has 1 aliphatic rings. The fourth-order valence-corrected chi connectivity index (χ4v) is 2.69. The Balaban J connectivity index is 2.09. The zero-order chi connectivity index (χ0) is 14.0. The summed E-state index contributed by atoms with van der Waals surface area (Å²) in [5.74, 6) is -0.465. The minimum Gasteiger partial charge on any atom is -0.398 e. The van der Waals surface area contributed by atoms with Crippen molar-refractivity contribution in [3.63, 3.8) is 0 Å². The van der Waals surface area contributed by atoms with Gasteiger partial charge < -0.3 is 16.4 Å². The molecule has 1 fully saturated rings. The highest BCUT2D eigenvalue weighted by Gasteiger charge is 2.27. The van der Waals surface area contributed by atoms with Gasteiger partial charge in [0.05, 0.1) is 10.0 Å². The van der Waals surface area contributed by atoms with Gasteiger partial charge in [0, 0.05) is 24.7 Å². The Bertz CT molecular complexity index is 511. The van der Waals surface area contributed by atoms with Crippen LogP contribution in [-0.4, -0.2) is 29.8 Å². The summed E-state index contributed by atoms with van der Waals surface area (Å²) in [7, 11) is 0. The summed E-state index contributed by atoms with van der Waals surface area (Å²) in [6, 6.07) is 5.23. The fraction of sp³-hybridized carbons (Fsp3) is 0.385. The number of benzene rings is 1. The number of carbonyl (C=O) groups is 2. The van der Waals surface area contributed by atoms with E-state index < -0.39 is 0 Å². The summed E-state index contributed by atoms with van der Waals surface area (Å²) in [5.41, 5.74) is 12.1. The maximum atomic E-state index is 12.4. The maximum absolute atomic E-state index is 12.4. The number of piperidine rings is 1. The van der Waals surface area contributed by atoms with Crippen molar-refractivity contribution in [3.05, 3.63) is 28.2 Å². The topological polar surface area (TPSA) is 89.4 Å². The van der Waals surface area contributed by atoms with Gasteiger partial charge in [-0.05, 0) is 40.9 Å². The standard InChI is InChI=1S/C13H16BrN3O2/c14-11-9(2-1-3-10(11)15)13(19)17-6-4-8(5-7-17)12(16)18/h1-3,8H,4-7,15H2,(H2,16,18). The Kier molecular flexibility index (Phi) is 4.09. The molecule has 4 N–H and O–H groups in total. The number of primary amides is 1. The lowest BCUT2D eigenvalue weighted by Gasteiger charge is -2.30. The van der Waals surface area contributed by atoms with E-state index in [0.29, 0.717) is 41.7 Å². The van der Waals surface area contributed by atoms with Crippen LogP contribution in [0.4, 0.5) is 5.69 Å². The highest BCUT2D eigenvalue weighted by atomic mass is 79.9. The normalized spacial score (nSPS) is 16.4. The number of likely N-dealkylation sites (tertiary alicyclic amines) is 1. The molecule has 0 saturated carbocycles. The van der Waals surface area contributed by atoms with Crippen molar-refractivity contribution in [2.24, 2.45) is 11.7 Å². The predicted octanol–water partition coefficient (Wildman–Crippen LogP) is 1.37. The van der Waals surface area contributed by atoms with Crippen LogP contribution in [0.5, 0.6) is 0 Å². The summed E-state index contributed by atoms with van der Waals surface area (Å²) in [4.78, 5) is 25.2. The van der Waals surface area contributed by atoms with E-state index in [2.05, 4.69) is 15.9 Å². The zero-order valence-electron chi connectivity index (χ0n) is 10.4. The first-order chi connectivity index (χ1) is 9.00. The average Bonchev–Trinajstić information content (AvgIpc) is 2.41. The van der Waals surface area contributed by atoms with Crippen molar-refractivity contribution in [2.75, 3.05) is 18.8 Å². The van der Waals surface area contributed by atoms with Crippen LogP contribution >= 0.6 is 15.9 Å². The Morgan fingerprint density at radius 3 is 2.47 bits per heavy atom. The maximum Gasteiger partial charge on any atom is 0.255 e. The van der Waals surface area contributed by atoms with Gasteiger partial charge in [-0.15, -0.1) is 0 Å². The average molecular weight is 326 g/mol. The van der Waals surface area contributed by atoms with Gasteiger partial charge in [0.1, 0.15) is 0 Å². The predicted molar refractivity (Wildman–Crippen MR) is 76.4 cm³/mol. The molecule has 6 heteroatoms. The first-order valence-electron chi connectivity index (χ1n) is 6.13.